The summed E-state index contributed by atoms with van der Waals surface area (Å²) in [7, 11) is 0. The summed E-state index contributed by atoms with van der Waals surface area (Å²) in [4.78, 5) is 0. The second-order valence-corrected chi connectivity index (χ2v) is 4.55. The van der Waals surface area contributed by atoms with Gasteiger partial charge in [-0.1, -0.05) is 6.07 Å². The summed E-state index contributed by atoms with van der Waals surface area (Å²) in [5.74, 6) is -1.30. The molecule has 1 nitrogen and oxygen atoms in total. The van der Waals surface area contributed by atoms with E-state index < -0.39 is 23.6 Å². The first kappa shape index (κ1) is 15.9. The first-order valence-electron chi connectivity index (χ1n) is 5.04. The van der Waals surface area contributed by atoms with Crippen molar-refractivity contribution in [3.63, 3.8) is 0 Å². The second-order valence-electron chi connectivity index (χ2n) is 3.77. The molecule has 7 heteroatoms. The molecular formula is C12H10ClF4NS. The van der Waals surface area contributed by atoms with Crippen LogP contribution in [-0.4, -0.2) is 0 Å². The molecule has 2 N–H and O–H groups in total. The van der Waals surface area contributed by atoms with E-state index in [4.69, 9.17) is 5.73 Å². The number of halogens is 5. The highest BCUT2D eigenvalue weighted by Gasteiger charge is 2.34. The molecule has 0 aliphatic carbocycles. The van der Waals surface area contributed by atoms with E-state index in [-0.39, 0.29) is 12.4 Å². The van der Waals surface area contributed by atoms with Gasteiger partial charge in [0.25, 0.3) is 0 Å². The van der Waals surface area contributed by atoms with Crippen LogP contribution in [0, 0.1) is 5.82 Å². The van der Waals surface area contributed by atoms with Crippen LogP contribution in [0.3, 0.4) is 0 Å². The summed E-state index contributed by atoms with van der Waals surface area (Å²) in [5, 5.41) is 3.58. The number of hydrogen-bond donors (Lipinski definition) is 1. The maximum atomic E-state index is 13.4. The Bertz CT molecular complexity index is 539. The number of thiophene rings is 1. The topological polar surface area (TPSA) is 26.0 Å². The number of nitrogens with two attached hydrogens (primary N) is 1. The third-order valence-electron chi connectivity index (χ3n) is 2.56. The molecule has 0 unspecified atom stereocenters. The molecule has 0 spiro atoms. The van der Waals surface area contributed by atoms with Crippen molar-refractivity contribution in [2.45, 2.75) is 12.2 Å². The van der Waals surface area contributed by atoms with Crippen molar-refractivity contribution in [2.24, 2.45) is 5.73 Å². The fraction of sp³-hybridized carbons (Fsp3) is 0.167. The van der Waals surface area contributed by atoms with E-state index in [0.29, 0.717) is 5.56 Å². The van der Waals surface area contributed by atoms with Crippen molar-refractivity contribution >= 4 is 23.7 Å². The highest BCUT2D eigenvalue weighted by Crippen LogP contribution is 2.33. The summed E-state index contributed by atoms with van der Waals surface area (Å²) in [5.41, 5.74) is 5.64. The van der Waals surface area contributed by atoms with Crippen molar-refractivity contribution in [3.8, 4) is 0 Å². The molecule has 19 heavy (non-hydrogen) atoms. The average Bonchev–Trinajstić information content (AvgIpc) is 2.79. The Morgan fingerprint density at radius 1 is 1.11 bits per heavy atom. The minimum Gasteiger partial charge on any atom is -0.320 e. The number of hydrogen-bond acceptors (Lipinski definition) is 2. The van der Waals surface area contributed by atoms with Crippen LogP contribution in [0.5, 0.6) is 0 Å². The molecular weight excluding hydrogens is 302 g/mol. The van der Waals surface area contributed by atoms with Gasteiger partial charge >= 0.3 is 6.18 Å². The monoisotopic (exact) mass is 311 g/mol. The van der Waals surface area contributed by atoms with Gasteiger partial charge in [0, 0.05) is 0 Å². The summed E-state index contributed by atoms with van der Waals surface area (Å²) >= 11 is 1.42. The molecule has 0 radical (unpaired) electrons. The Hall–Kier alpha value is -1.11. The number of benzene rings is 1. The number of rotatable bonds is 2. The molecule has 104 valence electrons. The molecule has 2 aromatic rings. The third-order valence-corrected chi connectivity index (χ3v) is 3.26. The zero-order chi connectivity index (χ0) is 13.3. The maximum absolute atomic E-state index is 13.4. The zero-order valence-electron chi connectivity index (χ0n) is 9.45. The summed E-state index contributed by atoms with van der Waals surface area (Å²) < 4.78 is 50.5. The normalized spacial score (nSPS) is 12.9. The minimum atomic E-state index is -4.69. The van der Waals surface area contributed by atoms with Crippen molar-refractivity contribution in [2.75, 3.05) is 0 Å². The third kappa shape index (κ3) is 3.46. The van der Waals surface area contributed by atoms with Gasteiger partial charge in [0.15, 0.2) is 0 Å². The largest absolute Gasteiger partial charge is 0.419 e. The lowest BCUT2D eigenvalue weighted by Crippen LogP contribution is -2.13. The van der Waals surface area contributed by atoms with Crippen LogP contribution in [0.25, 0.3) is 0 Å². The lowest BCUT2D eigenvalue weighted by molar-refractivity contribution is -0.140. The van der Waals surface area contributed by atoms with E-state index in [1.54, 1.807) is 16.8 Å². The lowest BCUT2D eigenvalue weighted by Gasteiger charge is -2.13. The first-order chi connectivity index (χ1) is 8.39. The molecule has 1 aromatic heterocycles. The fourth-order valence-corrected chi connectivity index (χ4v) is 2.30. The van der Waals surface area contributed by atoms with Crippen LogP contribution in [-0.2, 0) is 6.18 Å². The van der Waals surface area contributed by atoms with Gasteiger partial charge in [0.2, 0.25) is 0 Å². The maximum Gasteiger partial charge on any atom is 0.419 e. The molecule has 0 bridgehead atoms. The second kappa shape index (κ2) is 5.90. The van der Waals surface area contributed by atoms with E-state index in [1.807, 2.05) is 0 Å². The molecule has 0 aliphatic heterocycles. The number of alkyl halides is 3. The van der Waals surface area contributed by atoms with Gasteiger partial charge in [0.1, 0.15) is 5.82 Å². The Morgan fingerprint density at radius 2 is 1.79 bits per heavy atom. The molecule has 0 aliphatic rings. The smallest absolute Gasteiger partial charge is 0.320 e. The van der Waals surface area contributed by atoms with E-state index in [1.165, 1.54) is 17.4 Å². The van der Waals surface area contributed by atoms with Gasteiger partial charge in [0.05, 0.1) is 11.6 Å². The Labute approximate surface area is 117 Å². The van der Waals surface area contributed by atoms with Gasteiger partial charge in [-0.05, 0) is 40.1 Å². The summed E-state index contributed by atoms with van der Waals surface area (Å²) in [6, 6.07) is 3.90. The highest BCUT2D eigenvalue weighted by molar-refractivity contribution is 7.08. The SMILES string of the molecule is Cl.N[C@@H](c1ccsc1)c1ccc(C(F)(F)F)c(F)c1. The molecule has 0 fully saturated rings. The highest BCUT2D eigenvalue weighted by atomic mass is 35.5. The quantitative estimate of drug-likeness (QED) is 0.819. The zero-order valence-corrected chi connectivity index (χ0v) is 11.1. The van der Waals surface area contributed by atoms with Crippen LogP contribution >= 0.6 is 23.7 Å². The van der Waals surface area contributed by atoms with Crippen LogP contribution in [0.1, 0.15) is 22.7 Å². The van der Waals surface area contributed by atoms with Crippen molar-refractivity contribution in [3.05, 3.63) is 57.5 Å². The van der Waals surface area contributed by atoms with E-state index in [0.717, 1.165) is 17.7 Å². The van der Waals surface area contributed by atoms with Gasteiger partial charge in [-0.25, -0.2) is 4.39 Å². The van der Waals surface area contributed by atoms with Crippen molar-refractivity contribution in [1.29, 1.82) is 0 Å². The standard InChI is InChI=1S/C12H9F4NS.ClH/c13-10-5-7(1-2-9(10)12(14,15)16)11(17)8-3-4-18-6-8;/h1-6,11H,17H2;1H/t11-;/m1./s1. The first-order valence-corrected chi connectivity index (χ1v) is 5.98. The Morgan fingerprint density at radius 3 is 2.26 bits per heavy atom. The van der Waals surface area contributed by atoms with Crippen LogP contribution in [0.15, 0.2) is 35.0 Å². The van der Waals surface area contributed by atoms with E-state index >= 15 is 0 Å². The Balaban J connectivity index is 0.00000180. The molecule has 1 aromatic carbocycles. The van der Waals surface area contributed by atoms with Crippen molar-refractivity contribution < 1.29 is 17.6 Å². The summed E-state index contributed by atoms with van der Waals surface area (Å²) in [6.07, 6.45) is -4.69. The van der Waals surface area contributed by atoms with Gasteiger partial charge < -0.3 is 5.73 Å². The molecule has 1 heterocycles. The molecule has 2 rings (SSSR count). The van der Waals surface area contributed by atoms with Gasteiger partial charge in [-0.15, -0.1) is 12.4 Å². The van der Waals surface area contributed by atoms with Crippen LogP contribution in [0.4, 0.5) is 17.6 Å². The lowest BCUT2D eigenvalue weighted by atomic mass is 10.0. The van der Waals surface area contributed by atoms with Gasteiger partial charge in [-0.3, -0.25) is 0 Å². The predicted molar refractivity (Wildman–Crippen MR) is 69.0 cm³/mol. The van der Waals surface area contributed by atoms with E-state index in [9.17, 15) is 17.6 Å². The van der Waals surface area contributed by atoms with Crippen molar-refractivity contribution in [1.82, 2.24) is 0 Å². The summed E-state index contributed by atoms with van der Waals surface area (Å²) in [6.45, 7) is 0. The van der Waals surface area contributed by atoms with Crippen LogP contribution < -0.4 is 5.73 Å². The Kier molecular flexibility index (Phi) is 4.95. The van der Waals surface area contributed by atoms with Crippen LogP contribution in [0.2, 0.25) is 0 Å². The van der Waals surface area contributed by atoms with E-state index in [2.05, 4.69) is 0 Å². The predicted octanol–water partition coefficient (Wildman–Crippen LogP) is 4.38. The van der Waals surface area contributed by atoms with Gasteiger partial charge in [-0.2, -0.15) is 24.5 Å². The molecule has 0 saturated carbocycles. The molecule has 0 saturated heterocycles. The average molecular weight is 312 g/mol. The molecule has 1 atom stereocenters. The fourth-order valence-electron chi connectivity index (χ4n) is 1.60. The molecule has 0 amide bonds. The minimum absolute atomic E-state index is 0.